The first kappa shape index (κ1) is 56.4. The van der Waals surface area contributed by atoms with Gasteiger partial charge in [-0.2, -0.15) is 0 Å². The molecule has 0 spiro atoms. The van der Waals surface area contributed by atoms with Gasteiger partial charge in [0.15, 0.2) is 0 Å². The maximum absolute atomic E-state index is 11.9. The van der Waals surface area contributed by atoms with E-state index in [0.29, 0.717) is 0 Å². The second kappa shape index (κ2) is 19.2. The molecular weight excluding hydrogens is 954 g/mol. The normalized spacial score (nSPS) is 15.3. The van der Waals surface area contributed by atoms with Crippen molar-refractivity contribution in [1.29, 1.82) is 0 Å². The molecule has 0 aromatic heterocycles. The van der Waals surface area contributed by atoms with Crippen LogP contribution in [0.1, 0.15) is 0 Å². The van der Waals surface area contributed by atoms with Crippen molar-refractivity contribution in [2.75, 3.05) is 26.2 Å². The molecule has 0 heterocycles. The van der Waals surface area contributed by atoms with E-state index in [4.69, 9.17) is 25.3 Å². The summed E-state index contributed by atoms with van der Waals surface area (Å²) in [7, 11) is -62.0. The SMILES string of the molecule is NCCNC(P(=O)(O)O)P(=O)(O)O.O=P(O)(O)C(N(CCN(C(P(=O)(O)O)P(=O)(O)O)C(P(=O)(O)O)P(=O)(O)O)C(P(=O)(O)O)P(=O)(O)O)P(=O)(O)O. The third-order valence-corrected chi connectivity index (χ3v) is 23.2. The van der Waals surface area contributed by atoms with E-state index in [1.54, 1.807) is 0 Å². The van der Waals surface area contributed by atoms with Gasteiger partial charge < -0.3 is 104 Å². The van der Waals surface area contributed by atoms with Crippen LogP contribution in [0, 0.1) is 0 Å². The van der Waals surface area contributed by atoms with Gasteiger partial charge in [-0.3, -0.25) is 60.8 Å². The largest absolute Gasteiger partial charge is 0.355 e. The zero-order valence-electron chi connectivity index (χ0n) is 25.2. The van der Waals surface area contributed by atoms with Gasteiger partial charge >= 0.3 is 76.0 Å². The molecular formula is C9H36N4O30P10. The van der Waals surface area contributed by atoms with Gasteiger partial charge in [0.05, 0.1) is 0 Å². The van der Waals surface area contributed by atoms with Gasteiger partial charge in [-0.25, -0.2) is 0 Å². The van der Waals surface area contributed by atoms with Crippen LogP contribution in [0.4, 0.5) is 0 Å². The third-order valence-electron chi connectivity index (χ3n) is 5.32. The van der Waals surface area contributed by atoms with Gasteiger partial charge in [0.2, 0.25) is 27.6 Å². The highest BCUT2D eigenvalue weighted by Gasteiger charge is 2.61. The van der Waals surface area contributed by atoms with Crippen LogP contribution in [0.3, 0.4) is 0 Å². The topological polar surface area (TPSA) is 620 Å². The molecule has 0 aromatic carbocycles. The minimum absolute atomic E-state index is 0.0243. The van der Waals surface area contributed by atoms with Crippen LogP contribution in [-0.2, 0) is 45.7 Å². The molecule has 0 amide bonds. The molecule has 0 bridgehead atoms. The Hall–Kier alpha value is 1.34. The van der Waals surface area contributed by atoms with Gasteiger partial charge in [-0.05, 0) is 0 Å². The van der Waals surface area contributed by atoms with E-state index < -0.39 is 126 Å². The summed E-state index contributed by atoms with van der Waals surface area (Å²) in [6.45, 7) is -4.60. The number of nitrogens with two attached hydrogens (primary N) is 1. The summed E-state index contributed by atoms with van der Waals surface area (Å²) in [6.07, 6.45) is 0. The van der Waals surface area contributed by atoms with E-state index in [9.17, 15) is 124 Å². The Morgan fingerprint density at radius 1 is 0.358 bits per heavy atom. The van der Waals surface area contributed by atoms with Crippen molar-refractivity contribution in [1.82, 2.24) is 15.1 Å². The van der Waals surface area contributed by atoms with Crippen molar-refractivity contribution in [3.05, 3.63) is 0 Å². The summed E-state index contributed by atoms with van der Waals surface area (Å²) in [5.41, 5.74) is -13.1. The van der Waals surface area contributed by atoms with Gasteiger partial charge in [0.1, 0.15) is 0 Å². The molecule has 23 N–H and O–H groups in total. The third kappa shape index (κ3) is 18.9. The van der Waals surface area contributed by atoms with Crippen LogP contribution >= 0.6 is 76.0 Å². The summed E-state index contributed by atoms with van der Waals surface area (Å²) in [4.78, 5) is 183. The molecule has 53 heavy (non-hydrogen) atoms. The standard InChI is InChI=1S/C6H24N2O24P8.C3H12N2O6P2/c9-33(10,11)3(34(12,13)14)7(4(35(15,16)17)36(18,19)20)1-2-8(5(37(21,22)23)38(24,25)26)6(39(27,28)29)40(30,31)32;4-1-2-5-3(12(6,7)8)13(9,10)11/h3-6H,1-2H2,(H2,9,10,11)(H2,12,13,14)(H2,15,16,17)(H2,18,19,20)(H2,21,22,23)(H2,24,25,26)(H2,27,28,29)(H2,30,31,32);3,5H,1-2,4H2,(H2,6,7,8)(H2,9,10,11). The van der Waals surface area contributed by atoms with E-state index in [1.165, 1.54) is 0 Å². The van der Waals surface area contributed by atoms with E-state index in [0.717, 1.165) is 0 Å². The maximum Gasteiger partial charge on any atom is 0.355 e. The Balaban J connectivity index is 0. The highest BCUT2D eigenvalue weighted by molar-refractivity contribution is 7.73. The fourth-order valence-corrected chi connectivity index (χ4v) is 18.4. The van der Waals surface area contributed by atoms with E-state index in [1.807, 2.05) is 5.32 Å². The lowest BCUT2D eigenvalue weighted by molar-refractivity contribution is 0.152. The number of nitrogens with one attached hydrogen (secondary N) is 1. The molecule has 0 aliphatic rings. The number of hydrogen-bond acceptors (Lipinski definition) is 14. The first-order valence-electron chi connectivity index (χ1n) is 12.1. The Morgan fingerprint density at radius 3 is 0.642 bits per heavy atom. The molecule has 44 heteroatoms. The van der Waals surface area contributed by atoms with E-state index >= 15 is 0 Å². The van der Waals surface area contributed by atoms with Crippen molar-refractivity contribution < 1.29 is 144 Å². The summed E-state index contributed by atoms with van der Waals surface area (Å²) >= 11 is 0. The lowest BCUT2D eigenvalue weighted by Gasteiger charge is -2.41. The number of rotatable bonds is 20. The minimum Gasteiger partial charge on any atom is -0.329 e. The second-order valence-electron chi connectivity index (χ2n) is 9.87. The molecule has 0 radical (unpaired) electrons. The Bertz CT molecular complexity index is 1420. The van der Waals surface area contributed by atoms with Gasteiger partial charge in [0, 0.05) is 26.2 Å². The van der Waals surface area contributed by atoms with E-state index in [-0.39, 0.29) is 13.1 Å². The van der Waals surface area contributed by atoms with Crippen molar-refractivity contribution in [3.8, 4) is 0 Å². The molecule has 34 nitrogen and oxygen atoms in total. The fourth-order valence-electron chi connectivity index (χ4n) is 3.91. The lowest BCUT2D eigenvalue weighted by Crippen LogP contribution is -2.50. The summed E-state index contributed by atoms with van der Waals surface area (Å²) in [6, 6.07) is 0. The van der Waals surface area contributed by atoms with Crippen LogP contribution in [0.2, 0.25) is 0 Å². The summed E-state index contributed by atoms with van der Waals surface area (Å²) in [5.74, 6) is 0. The van der Waals surface area contributed by atoms with Crippen molar-refractivity contribution >= 4 is 76.0 Å². The van der Waals surface area contributed by atoms with Gasteiger partial charge in [-0.15, -0.1) is 0 Å². The Morgan fingerprint density at radius 2 is 0.528 bits per heavy atom. The van der Waals surface area contributed by atoms with Crippen LogP contribution < -0.4 is 11.1 Å². The van der Waals surface area contributed by atoms with Gasteiger partial charge in [-0.1, -0.05) is 0 Å². The smallest absolute Gasteiger partial charge is 0.329 e. The second-order valence-corrected chi connectivity index (χ2v) is 28.6. The molecule has 0 aliphatic carbocycles. The van der Waals surface area contributed by atoms with Crippen LogP contribution in [0.15, 0.2) is 0 Å². The highest BCUT2D eigenvalue weighted by atomic mass is 31.3. The van der Waals surface area contributed by atoms with Crippen molar-refractivity contribution in [2.24, 2.45) is 5.73 Å². The van der Waals surface area contributed by atoms with Crippen LogP contribution in [-0.4, -0.2) is 161 Å². The maximum atomic E-state index is 11.9. The molecule has 0 fully saturated rings. The zero-order chi connectivity index (χ0) is 43.6. The predicted molar refractivity (Wildman–Crippen MR) is 170 cm³/mol. The molecule has 0 rings (SSSR count). The van der Waals surface area contributed by atoms with Crippen molar-refractivity contribution in [2.45, 2.75) is 27.6 Å². The van der Waals surface area contributed by atoms with E-state index in [2.05, 4.69) is 0 Å². The number of hydrogen-bond donors (Lipinski definition) is 22. The predicted octanol–water partition coefficient (Wildman–Crippen LogP) is -5.68. The van der Waals surface area contributed by atoms with Gasteiger partial charge in [0.25, 0.3) is 0 Å². The van der Waals surface area contributed by atoms with Crippen LogP contribution in [0.25, 0.3) is 0 Å². The monoisotopic (exact) mass is 990 g/mol. The number of nitrogens with zero attached hydrogens (tertiary/aromatic N) is 2. The molecule has 0 aliphatic heterocycles. The average Bonchev–Trinajstić information content (AvgIpc) is 2.73. The average molecular weight is 990 g/mol. The lowest BCUT2D eigenvalue weighted by atomic mass is 10.5. The Kier molecular flexibility index (Phi) is 20.4. The molecule has 322 valence electrons. The molecule has 0 aromatic rings. The fraction of sp³-hybridized carbons (Fsp3) is 1.00. The summed E-state index contributed by atoms with van der Waals surface area (Å²) < 4.78 is 116. The highest BCUT2D eigenvalue weighted by Crippen LogP contribution is 2.71. The molecule has 0 atom stereocenters. The molecule has 0 unspecified atom stereocenters. The zero-order valence-corrected chi connectivity index (χ0v) is 34.1. The Labute approximate surface area is 294 Å². The first-order chi connectivity index (χ1) is 22.7. The molecule has 0 saturated heterocycles. The first-order valence-corrected chi connectivity index (χ1v) is 28.9. The van der Waals surface area contributed by atoms with Crippen molar-refractivity contribution in [3.63, 3.8) is 0 Å². The van der Waals surface area contributed by atoms with Crippen LogP contribution in [0.5, 0.6) is 0 Å². The quantitative estimate of drug-likeness (QED) is 0.0506. The summed E-state index contributed by atoms with van der Waals surface area (Å²) in [5, 5.41) is 2.00. The molecule has 0 saturated carbocycles. The minimum atomic E-state index is -6.54.